The van der Waals surface area contributed by atoms with Crippen LogP contribution in [0.3, 0.4) is 0 Å². The van der Waals surface area contributed by atoms with E-state index in [1.54, 1.807) is 7.11 Å². The van der Waals surface area contributed by atoms with Gasteiger partial charge in [0.05, 0.1) is 19.0 Å². The zero-order chi connectivity index (χ0) is 15.1. The first-order valence-electron chi connectivity index (χ1n) is 7.61. The van der Waals surface area contributed by atoms with E-state index in [-0.39, 0.29) is 11.8 Å². The monoisotopic (exact) mass is 298 g/mol. The van der Waals surface area contributed by atoms with E-state index in [9.17, 15) is 4.79 Å². The normalized spacial score (nSPS) is 20.4. The Bertz CT molecular complexity index is 721. The molecule has 1 N–H and O–H groups in total. The number of hydrogen-bond donors (Lipinski definition) is 1. The summed E-state index contributed by atoms with van der Waals surface area (Å²) in [7, 11) is 1.60. The van der Waals surface area contributed by atoms with Crippen LogP contribution in [0.4, 0.5) is 5.82 Å². The summed E-state index contributed by atoms with van der Waals surface area (Å²) in [6.07, 6.45) is 4.76. The van der Waals surface area contributed by atoms with Crippen LogP contribution in [0, 0.1) is 5.92 Å². The number of amides is 1. The van der Waals surface area contributed by atoms with Crippen LogP contribution in [0.5, 0.6) is 5.88 Å². The van der Waals surface area contributed by atoms with Gasteiger partial charge in [-0.05, 0) is 24.8 Å². The number of ether oxygens (including phenoxy) is 1. The Morgan fingerprint density at radius 1 is 1.41 bits per heavy atom. The topological polar surface area (TPSA) is 69.0 Å². The van der Waals surface area contributed by atoms with E-state index >= 15 is 0 Å². The quantitative estimate of drug-likeness (QED) is 0.939. The molecule has 1 aliphatic heterocycles. The van der Waals surface area contributed by atoms with Gasteiger partial charge >= 0.3 is 0 Å². The van der Waals surface area contributed by atoms with Crippen LogP contribution < -0.4 is 10.1 Å². The number of fused-ring (bicyclic) bond motifs is 1. The highest BCUT2D eigenvalue weighted by Gasteiger charge is 2.32. The molecule has 4 rings (SSSR count). The van der Waals surface area contributed by atoms with Crippen LogP contribution in [0.25, 0.3) is 0 Å². The fourth-order valence-electron chi connectivity index (χ4n) is 2.96. The number of nitrogens with one attached hydrogen (secondary N) is 1. The Morgan fingerprint density at radius 2 is 2.27 bits per heavy atom. The van der Waals surface area contributed by atoms with Crippen LogP contribution in [-0.2, 0) is 11.3 Å². The van der Waals surface area contributed by atoms with E-state index in [4.69, 9.17) is 4.74 Å². The van der Waals surface area contributed by atoms with Crippen LogP contribution in [0.2, 0.25) is 0 Å². The summed E-state index contributed by atoms with van der Waals surface area (Å²) in [5.74, 6) is 2.05. The lowest BCUT2D eigenvalue weighted by Crippen LogP contribution is -2.25. The maximum Gasteiger partial charge on any atom is 0.226 e. The Labute approximate surface area is 128 Å². The number of aromatic nitrogens is 3. The molecule has 0 aromatic carbocycles. The predicted molar refractivity (Wildman–Crippen MR) is 80.8 cm³/mol. The van der Waals surface area contributed by atoms with Crippen molar-refractivity contribution in [2.45, 2.75) is 31.7 Å². The third-order valence-electron chi connectivity index (χ3n) is 4.33. The Balaban J connectivity index is 1.72. The number of pyridine rings is 1. The first kappa shape index (κ1) is 13.3. The van der Waals surface area contributed by atoms with Crippen LogP contribution in [0.15, 0.2) is 24.4 Å². The SMILES string of the molecule is COc1cccc(C2CC(=O)Nc3c2cnn3CC2CC2)n1. The minimum absolute atomic E-state index is 0.0136. The summed E-state index contributed by atoms with van der Waals surface area (Å²) in [5.41, 5.74) is 1.89. The van der Waals surface area contributed by atoms with E-state index < -0.39 is 0 Å². The largest absolute Gasteiger partial charge is 0.481 e. The van der Waals surface area contributed by atoms with Crippen molar-refractivity contribution < 1.29 is 9.53 Å². The molecule has 1 aliphatic carbocycles. The zero-order valence-corrected chi connectivity index (χ0v) is 12.5. The first-order valence-corrected chi connectivity index (χ1v) is 7.61. The second-order valence-corrected chi connectivity index (χ2v) is 5.98. The van der Waals surface area contributed by atoms with Gasteiger partial charge in [0, 0.05) is 30.5 Å². The van der Waals surface area contributed by atoms with Crippen molar-refractivity contribution in [2.24, 2.45) is 5.92 Å². The molecule has 6 heteroatoms. The molecule has 1 amide bonds. The van der Waals surface area contributed by atoms with Crippen molar-refractivity contribution in [3.05, 3.63) is 35.7 Å². The average Bonchev–Trinajstić information content (AvgIpc) is 3.27. The lowest BCUT2D eigenvalue weighted by molar-refractivity contribution is -0.116. The van der Waals surface area contributed by atoms with E-state index in [1.165, 1.54) is 12.8 Å². The van der Waals surface area contributed by atoms with Gasteiger partial charge in [0.2, 0.25) is 11.8 Å². The molecule has 2 aromatic rings. The van der Waals surface area contributed by atoms with Gasteiger partial charge in [-0.25, -0.2) is 9.67 Å². The standard InChI is InChI=1S/C16H18N4O2/c1-22-15-4-2-3-13(18-15)11-7-14(21)19-16-12(11)8-17-20(16)9-10-5-6-10/h2-4,8,10-11H,5-7,9H2,1H3,(H,19,21). The molecule has 2 aliphatic rings. The lowest BCUT2D eigenvalue weighted by atomic mass is 9.91. The maximum absolute atomic E-state index is 12.1. The van der Waals surface area contributed by atoms with E-state index in [2.05, 4.69) is 15.4 Å². The fourth-order valence-corrected chi connectivity index (χ4v) is 2.96. The summed E-state index contributed by atoms with van der Waals surface area (Å²) in [6.45, 7) is 0.883. The Kier molecular flexibility index (Phi) is 3.10. The molecule has 114 valence electrons. The molecule has 2 aromatic heterocycles. The Hall–Kier alpha value is -2.37. The van der Waals surface area contributed by atoms with Gasteiger partial charge in [-0.3, -0.25) is 4.79 Å². The summed E-state index contributed by atoms with van der Waals surface area (Å²) < 4.78 is 7.12. The lowest BCUT2D eigenvalue weighted by Gasteiger charge is -2.23. The molecule has 0 spiro atoms. The van der Waals surface area contributed by atoms with Gasteiger partial charge in [0.25, 0.3) is 0 Å². The molecule has 1 fully saturated rings. The maximum atomic E-state index is 12.1. The van der Waals surface area contributed by atoms with E-state index in [1.807, 2.05) is 29.1 Å². The number of anilines is 1. The molecular weight excluding hydrogens is 280 g/mol. The molecule has 1 unspecified atom stereocenters. The molecule has 0 saturated heterocycles. The van der Waals surface area contributed by atoms with Gasteiger partial charge in [0.1, 0.15) is 5.82 Å². The average molecular weight is 298 g/mol. The third-order valence-corrected chi connectivity index (χ3v) is 4.33. The molecule has 0 bridgehead atoms. The third kappa shape index (κ3) is 2.34. The van der Waals surface area contributed by atoms with Crippen LogP contribution in [0.1, 0.15) is 36.4 Å². The molecule has 3 heterocycles. The first-order chi connectivity index (χ1) is 10.7. The van der Waals surface area contributed by atoms with Crippen molar-refractivity contribution in [2.75, 3.05) is 12.4 Å². The van der Waals surface area contributed by atoms with Crippen molar-refractivity contribution in [1.29, 1.82) is 0 Å². The van der Waals surface area contributed by atoms with Gasteiger partial charge < -0.3 is 10.1 Å². The molecule has 1 atom stereocenters. The predicted octanol–water partition coefficient (Wildman–Crippen LogP) is 2.17. The number of hydrogen-bond acceptors (Lipinski definition) is 4. The molecular formula is C16H18N4O2. The van der Waals surface area contributed by atoms with Crippen molar-refractivity contribution >= 4 is 11.7 Å². The molecule has 22 heavy (non-hydrogen) atoms. The smallest absolute Gasteiger partial charge is 0.226 e. The summed E-state index contributed by atoms with van der Waals surface area (Å²) in [5, 5.41) is 7.45. The van der Waals surface area contributed by atoms with Gasteiger partial charge in [-0.2, -0.15) is 5.10 Å². The summed E-state index contributed by atoms with van der Waals surface area (Å²) in [6, 6.07) is 5.65. The fraction of sp³-hybridized carbons (Fsp3) is 0.438. The minimum Gasteiger partial charge on any atom is -0.481 e. The van der Waals surface area contributed by atoms with Crippen LogP contribution in [-0.4, -0.2) is 27.8 Å². The van der Waals surface area contributed by atoms with Crippen LogP contribution >= 0.6 is 0 Å². The van der Waals surface area contributed by atoms with Crippen molar-refractivity contribution in [3.63, 3.8) is 0 Å². The second-order valence-electron chi connectivity index (χ2n) is 5.98. The van der Waals surface area contributed by atoms with Crippen molar-refractivity contribution in [1.82, 2.24) is 14.8 Å². The molecule has 1 saturated carbocycles. The van der Waals surface area contributed by atoms with Gasteiger partial charge in [-0.1, -0.05) is 6.07 Å². The Morgan fingerprint density at radius 3 is 3.05 bits per heavy atom. The summed E-state index contributed by atoms with van der Waals surface area (Å²) >= 11 is 0. The minimum atomic E-state index is -0.0631. The van der Waals surface area contributed by atoms with Gasteiger partial charge in [-0.15, -0.1) is 0 Å². The number of methoxy groups -OCH3 is 1. The zero-order valence-electron chi connectivity index (χ0n) is 12.5. The highest BCUT2D eigenvalue weighted by atomic mass is 16.5. The number of nitrogens with zero attached hydrogens (tertiary/aromatic N) is 3. The number of rotatable bonds is 4. The highest BCUT2D eigenvalue weighted by Crippen LogP contribution is 2.38. The highest BCUT2D eigenvalue weighted by molar-refractivity contribution is 5.94. The molecule has 0 radical (unpaired) electrons. The van der Waals surface area contributed by atoms with Crippen molar-refractivity contribution in [3.8, 4) is 5.88 Å². The summed E-state index contributed by atoms with van der Waals surface area (Å²) in [4.78, 5) is 16.6. The second kappa shape index (κ2) is 5.12. The van der Waals surface area contributed by atoms with Gasteiger partial charge in [0.15, 0.2) is 0 Å². The van der Waals surface area contributed by atoms with E-state index in [0.717, 1.165) is 23.6 Å². The molecule has 6 nitrogen and oxygen atoms in total. The number of carbonyl (C=O) groups is 1. The van der Waals surface area contributed by atoms with E-state index in [0.29, 0.717) is 18.2 Å². The number of carbonyl (C=O) groups excluding carboxylic acids is 1.